The number of anilines is 1. The van der Waals surface area contributed by atoms with Crippen molar-refractivity contribution in [2.45, 2.75) is 58.4 Å². The van der Waals surface area contributed by atoms with Gasteiger partial charge < -0.3 is 10.6 Å². The van der Waals surface area contributed by atoms with Crippen LogP contribution in [-0.2, 0) is 11.2 Å². The number of para-hydroxylation sites is 1. The first-order valence-electron chi connectivity index (χ1n) is 8.05. The van der Waals surface area contributed by atoms with E-state index in [1.165, 1.54) is 32.1 Å². The SMILES string of the molecule is CNC(=O)Cc1ccccc1NC1CCCC(C)(C)CC1. The molecule has 0 aromatic heterocycles. The number of hydrogen-bond acceptors (Lipinski definition) is 2. The van der Waals surface area contributed by atoms with Crippen LogP contribution in [0.15, 0.2) is 24.3 Å². The van der Waals surface area contributed by atoms with Crippen LogP contribution in [0.1, 0.15) is 51.5 Å². The number of nitrogens with one attached hydrogen (secondary N) is 2. The fourth-order valence-corrected chi connectivity index (χ4v) is 3.10. The minimum atomic E-state index is 0.0613. The van der Waals surface area contributed by atoms with E-state index in [1.54, 1.807) is 7.05 Å². The van der Waals surface area contributed by atoms with Crippen molar-refractivity contribution >= 4 is 11.6 Å². The third-order valence-corrected chi connectivity index (χ3v) is 4.58. The van der Waals surface area contributed by atoms with Gasteiger partial charge in [-0.05, 0) is 42.7 Å². The summed E-state index contributed by atoms with van der Waals surface area (Å²) in [5.74, 6) is 0.0613. The van der Waals surface area contributed by atoms with E-state index >= 15 is 0 Å². The molecule has 0 radical (unpaired) electrons. The Balaban J connectivity index is 2.03. The van der Waals surface area contributed by atoms with Gasteiger partial charge in [-0.1, -0.05) is 38.5 Å². The lowest BCUT2D eigenvalue weighted by Crippen LogP contribution is -2.23. The summed E-state index contributed by atoms with van der Waals surface area (Å²) < 4.78 is 0. The molecule has 1 saturated carbocycles. The predicted molar refractivity (Wildman–Crippen MR) is 88.5 cm³/mol. The highest BCUT2D eigenvalue weighted by atomic mass is 16.1. The van der Waals surface area contributed by atoms with Gasteiger partial charge in [-0.15, -0.1) is 0 Å². The molecule has 1 fully saturated rings. The summed E-state index contributed by atoms with van der Waals surface area (Å²) in [5.41, 5.74) is 2.67. The molecule has 0 aliphatic heterocycles. The summed E-state index contributed by atoms with van der Waals surface area (Å²) in [5, 5.41) is 6.38. The van der Waals surface area contributed by atoms with Gasteiger partial charge in [0.05, 0.1) is 6.42 Å². The van der Waals surface area contributed by atoms with Gasteiger partial charge in [-0.25, -0.2) is 0 Å². The van der Waals surface area contributed by atoms with Gasteiger partial charge in [0.1, 0.15) is 0 Å². The van der Waals surface area contributed by atoms with Crippen LogP contribution in [0.2, 0.25) is 0 Å². The maximum Gasteiger partial charge on any atom is 0.224 e. The van der Waals surface area contributed by atoms with E-state index in [9.17, 15) is 4.79 Å². The van der Waals surface area contributed by atoms with Crippen molar-refractivity contribution in [3.63, 3.8) is 0 Å². The van der Waals surface area contributed by atoms with Gasteiger partial charge >= 0.3 is 0 Å². The lowest BCUT2D eigenvalue weighted by molar-refractivity contribution is -0.119. The first kappa shape index (κ1) is 15.9. The lowest BCUT2D eigenvalue weighted by Gasteiger charge is -2.23. The van der Waals surface area contributed by atoms with E-state index < -0.39 is 0 Å². The Hall–Kier alpha value is -1.51. The van der Waals surface area contributed by atoms with Crippen molar-refractivity contribution in [1.82, 2.24) is 5.32 Å². The van der Waals surface area contributed by atoms with E-state index in [0.29, 0.717) is 17.9 Å². The smallest absolute Gasteiger partial charge is 0.224 e. The quantitative estimate of drug-likeness (QED) is 0.829. The summed E-state index contributed by atoms with van der Waals surface area (Å²) in [6.07, 6.45) is 6.73. The van der Waals surface area contributed by atoms with Gasteiger partial charge in [-0.2, -0.15) is 0 Å². The first-order chi connectivity index (χ1) is 10.00. The minimum absolute atomic E-state index is 0.0613. The molecule has 21 heavy (non-hydrogen) atoms. The van der Waals surface area contributed by atoms with Crippen molar-refractivity contribution in [3.05, 3.63) is 29.8 Å². The second-order valence-electron chi connectivity index (χ2n) is 6.94. The number of amides is 1. The highest BCUT2D eigenvalue weighted by Crippen LogP contribution is 2.35. The molecule has 2 rings (SSSR count). The van der Waals surface area contributed by atoms with Gasteiger partial charge in [0.2, 0.25) is 5.91 Å². The van der Waals surface area contributed by atoms with E-state index in [0.717, 1.165) is 11.3 Å². The van der Waals surface area contributed by atoms with Crippen LogP contribution in [0.25, 0.3) is 0 Å². The molecular weight excluding hydrogens is 260 g/mol. The summed E-state index contributed by atoms with van der Waals surface area (Å²) in [4.78, 5) is 11.6. The van der Waals surface area contributed by atoms with Gasteiger partial charge in [-0.3, -0.25) is 4.79 Å². The number of hydrogen-bond donors (Lipinski definition) is 2. The molecule has 0 bridgehead atoms. The van der Waals surface area contributed by atoms with Crippen molar-refractivity contribution in [1.29, 1.82) is 0 Å². The molecule has 1 amide bonds. The van der Waals surface area contributed by atoms with Gasteiger partial charge in [0.25, 0.3) is 0 Å². The Bertz CT molecular complexity index is 482. The van der Waals surface area contributed by atoms with Crippen molar-refractivity contribution < 1.29 is 4.79 Å². The van der Waals surface area contributed by atoms with Crippen LogP contribution in [0, 0.1) is 5.41 Å². The van der Waals surface area contributed by atoms with Gasteiger partial charge in [0.15, 0.2) is 0 Å². The Morgan fingerprint density at radius 2 is 2.00 bits per heavy atom. The molecule has 1 aromatic carbocycles. The fraction of sp³-hybridized carbons (Fsp3) is 0.611. The van der Waals surface area contributed by atoms with Crippen molar-refractivity contribution in [2.24, 2.45) is 5.41 Å². The molecule has 1 aliphatic rings. The second-order valence-corrected chi connectivity index (χ2v) is 6.94. The number of carbonyl (C=O) groups is 1. The van der Waals surface area contributed by atoms with Crippen LogP contribution >= 0.6 is 0 Å². The third-order valence-electron chi connectivity index (χ3n) is 4.58. The number of rotatable bonds is 4. The molecule has 116 valence electrons. The largest absolute Gasteiger partial charge is 0.382 e. The lowest BCUT2D eigenvalue weighted by atomic mass is 9.85. The second kappa shape index (κ2) is 6.97. The molecule has 1 aromatic rings. The van der Waals surface area contributed by atoms with E-state index in [4.69, 9.17) is 0 Å². The van der Waals surface area contributed by atoms with Crippen molar-refractivity contribution in [3.8, 4) is 0 Å². The monoisotopic (exact) mass is 288 g/mol. The average Bonchev–Trinajstić information content (AvgIpc) is 2.62. The highest BCUT2D eigenvalue weighted by Gasteiger charge is 2.24. The molecule has 2 N–H and O–H groups in total. The zero-order valence-corrected chi connectivity index (χ0v) is 13.5. The molecular formula is C18H28N2O. The Morgan fingerprint density at radius 3 is 2.76 bits per heavy atom. The first-order valence-corrected chi connectivity index (χ1v) is 8.05. The van der Waals surface area contributed by atoms with Crippen LogP contribution in [0.5, 0.6) is 0 Å². The molecule has 0 spiro atoms. The summed E-state index contributed by atoms with van der Waals surface area (Å²) in [7, 11) is 1.69. The topological polar surface area (TPSA) is 41.1 Å². The van der Waals surface area contributed by atoms with Crippen LogP contribution in [0.3, 0.4) is 0 Å². The van der Waals surface area contributed by atoms with E-state index in [-0.39, 0.29) is 5.91 Å². The maximum atomic E-state index is 11.6. The molecule has 0 heterocycles. The van der Waals surface area contributed by atoms with Crippen LogP contribution in [-0.4, -0.2) is 19.0 Å². The highest BCUT2D eigenvalue weighted by molar-refractivity contribution is 5.80. The molecule has 1 atom stereocenters. The fourth-order valence-electron chi connectivity index (χ4n) is 3.10. The molecule has 0 saturated heterocycles. The molecule has 3 heteroatoms. The summed E-state index contributed by atoms with van der Waals surface area (Å²) in [6.45, 7) is 4.74. The van der Waals surface area contributed by atoms with E-state index in [1.807, 2.05) is 18.2 Å². The summed E-state index contributed by atoms with van der Waals surface area (Å²) in [6, 6.07) is 8.69. The van der Waals surface area contributed by atoms with Crippen molar-refractivity contribution in [2.75, 3.05) is 12.4 Å². The maximum absolute atomic E-state index is 11.6. The Kier molecular flexibility index (Phi) is 5.27. The van der Waals surface area contributed by atoms with Crippen LogP contribution < -0.4 is 10.6 Å². The number of likely N-dealkylation sites (N-methyl/N-ethyl adjacent to an activating group) is 1. The number of carbonyl (C=O) groups excluding carboxylic acids is 1. The summed E-state index contributed by atoms with van der Waals surface area (Å²) >= 11 is 0. The predicted octanol–water partition coefficient (Wildman–Crippen LogP) is 3.75. The average molecular weight is 288 g/mol. The Labute approximate surface area is 128 Å². The number of benzene rings is 1. The standard InChI is InChI=1S/C18H28N2O/c1-18(2)11-6-8-15(10-12-18)20-16-9-5-4-7-14(16)13-17(21)19-3/h4-5,7,9,15,20H,6,8,10-13H2,1-3H3,(H,19,21). The minimum Gasteiger partial charge on any atom is -0.382 e. The third kappa shape index (κ3) is 4.76. The Morgan fingerprint density at radius 1 is 1.24 bits per heavy atom. The van der Waals surface area contributed by atoms with E-state index in [2.05, 4.69) is 30.5 Å². The van der Waals surface area contributed by atoms with Gasteiger partial charge in [0, 0.05) is 18.8 Å². The zero-order valence-electron chi connectivity index (χ0n) is 13.5. The van der Waals surface area contributed by atoms with Crippen LogP contribution in [0.4, 0.5) is 5.69 Å². The zero-order chi connectivity index (χ0) is 15.3. The normalized spacial score (nSPS) is 21.4. The molecule has 3 nitrogen and oxygen atoms in total. The molecule has 1 unspecified atom stereocenters. The molecule has 1 aliphatic carbocycles.